The second kappa shape index (κ2) is 5.36. The zero-order valence-corrected chi connectivity index (χ0v) is 10.4. The van der Waals surface area contributed by atoms with Crippen LogP contribution in [0.25, 0.3) is 0 Å². The van der Waals surface area contributed by atoms with E-state index in [0.717, 1.165) is 45.1 Å². The van der Waals surface area contributed by atoms with Crippen LogP contribution in [0.15, 0.2) is 0 Å². The van der Waals surface area contributed by atoms with E-state index in [9.17, 15) is 9.90 Å². The molecule has 2 fully saturated rings. The van der Waals surface area contributed by atoms with E-state index in [1.165, 1.54) is 6.42 Å². The fourth-order valence-corrected chi connectivity index (χ4v) is 3.18. The maximum absolute atomic E-state index is 11.0. The highest BCUT2D eigenvalue weighted by Crippen LogP contribution is 2.30. The van der Waals surface area contributed by atoms with Crippen LogP contribution in [0.1, 0.15) is 44.9 Å². The van der Waals surface area contributed by atoms with Crippen molar-refractivity contribution in [3.63, 3.8) is 0 Å². The number of carboxylic acids is 1. The first-order valence-electron chi connectivity index (χ1n) is 6.77. The van der Waals surface area contributed by atoms with Crippen LogP contribution < -0.4 is 0 Å². The number of carboxylic acid groups (broad SMARTS) is 1. The van der Waals surface area contributed by atoms with E-state index >= 15 is 0 Å². The summed E-state index contributed by atoms with van der Waals surface area (Å²) in [6.45, 7) is 2.21. The van der Waals surface area contributed by atoms with E-state index in [1.54, 1.807) is 0 Å². The molecule has 0 aromatic rings. The standard InChI is InChI=1S/C13H23NO3/c15-12(16)11-5-4-8-14(9-11)10-13(17)6-2-1-3-7-13/h11,17H,1-10H2,(H,15,16). The first-order valence-corrected chi connectivity index (χ1v) is 6.77. The molecule has 0 amide bonds. The Kier molecular flexibility index (Phi) is 4.05. The summed E-state index contributed by atoms with van der Waals surface area (Å²) in [7, 11) is 0. The minimum absolute atomic E-state index is 0.240. The third-order valence-corrected chi connectivity index (χ3v) is 4.16. The van der Waals surface area contributed by atoms with Crippen molar-refractivity contribution in [2.24, 2.45) is 5.92 Å². The largest absolute Gasteiger partial charge is 0.481 e. The third kappa shape index (κ3) is 3.42. The molecule has 0 spiro atoms. The molecule has 1 atom stereocenters. The summed E-state index contributed by atoms with van der Waals surface area (Å²) in [6.07, 6.45) is 6.90. The van der Waals surface area contributed by atoms with E-state index in [-0.39, 0.29) is 5.92 Å². The topological polar surface area (TPSA) is 60.8 Å². The molecule has 0 radical (unpaired) electrons. The zero-order chi connectivity index (χ0) is 12.3. The number of hydrogen-bond acceptors (Lipinski definition) is 3. The molecule has 1 unspecified atom stereocenters. The van der Waals surface area contributed by atoms with E-state index < -0.39 is 11.6 Å². The van der Waals surface area contributed by atoms with Gasteiger partial charge in [-0.1, -0.05) is 19.3 Å². The van der Waals surface area contributed by atoms with Gasteiger partial charge in [0.1, 0.15) is 0 Å². The maximum atomic E-state index is 11.0. The van der Waals surface area contributed by atoms with Crippen LogP contribution in [0.5, 0.6) is 0 Å². The second-order valence-electron chi connectivity index (χ2n) is 5.70. The summed E-state index contributed by atoms with van der Waals surface area (Å²) in [5.74, 6) is -0.929. The first-order chi connectivity index (χ1) is 8.09. The molecule has 1 heterocycles. The molecule has 2 N–H and O–H groups in total. The number of aliphatic hydroxyl groups is 1. The number of aliphatic carboxylic acids is 1. The molecule has 0 aromatic carbocycles. The van der Waals surface area contributed by atoms with Gasteiger partial charge in [0.15, 0.2) is 0 Å². The van der Waals surface area contributed by atoms with Crippen molar-refractivity contribution < 1.29 is 15.0 Å². The van der Waals surface area contributed by atoms with Gasteiger partial charge in [-0.2, -0.15) is 0 Å². The van der Waals surface area contributed by atoms with Crippen molar-refractivity contribution in [2.45, 2.75) is 50.5 Å². The zero-order valence-electron chi connectivity index (χ0n) is 10.4. The van der Waals surface area contributed by atoms with Crippen LogP contribution >= 0.6 is 0 Å². The number of carbonyl (C=O) groups is 1. The van der Waals surface area contributed by atoms with Crippen LogP contribution in [0, 0.1) is 5.92 Å². The summed E-state index contributed by atoms with van der Waals surface area (Å²) in [4.78, 5) is 13.1. The summed E-state index contributed by atoms with van der Waals surface area (Å²) >= 11 is 0. The third-order valence-electron chi connectivity index (χ3n) is 4.16. The fraction of sp³-hybridized carbons (Fsp3) is 0.923. The molecule has 2 aliphatic rings. The van der Waals surface area contributed by atoms with Gasteiger partial charge in [-0.05, 0) is 32.2 Å². The van der Waals surface area contributed by atoms with Crippen LogP contribution in [0.2, 0.25) is 0 Å². The van der Waals surface area contributed by atoms with Gasteiger partial charge in [0, 0.05) is 13.1 Å². The van der Waals surface area contributed by atoms with Gasteiger partial charge >= 0.3 is 5.97 Å². The fourth-order valence-electron chi connectivity index (χ4n) is 3.18. The van der Waals surface area contributed by atoms with Crippen molar-refractivity contribution in [3.8, 4) is 0 Å². The quantitative estimate of drug-likeness (QED) is 0.785. The molecule has 0 aromatic heterocycles. The Morgan fingerprint density at radius 1 is 1.24 bits per heavy atom. The molecule has 2 rings (SSSR count). The Morgan fingerprint density at radius 2 is 1.94 bits per heavy atom. The van der Waals surface area contributed by atoms with Crippen LogP contribution in [-0.2, 0) is 4.79 Å². The van der Waals surface area contributed by atoms with Gasteiger partial charge in [-0.25, -0.2) is 0 Å². The van der Waals surface area contributed by atoms with Crippen molar-refractivity contribution in [1.82, 2.24) is 4.90 Å². The van der Waals surface area contributed by atoms with Crippen molar-refractivity contribution >= 4 is 5.97 Å². The lowest BCUT2D eigenvalue weighted by Crippen LogP contribution is -2.48. The Hall–Kier alpha value is -0.610. The number of piperidine rings is 1. The number of hydrogen-bond donors (Lipinski definition) is 2. The minimum Gasteiger partial charge on any atom is -0.481 e. The molecule has 17 heavy (non-hydrogen) atoms. The predicted octanol–water partition coefficient (Wildman–Crippen LogP) is 1.48. The van der Waals surface area contributed by atoms with Crippen molar-refractivity contribution in [3.05, 3.63) is 0 Å². The summed E-state index contributed by atoms with van der Waals surface area (Å²) in [6, 6.07) is 0. The van der Waals surface area contributed by atoms with Gasteiger partial charge in [0.05, 0.1) is 11.5 Å². The van der Waals surface area contributed by atoms with Gasteiger partial charge in [-0.15, -0.1) is 0 Å². The van der Waals surface area contributed by atoms with Gasteiger partial charge in [-0.3, -0.25) is 9.69 Å². The van der Waals surface area contributed by atoms with E-state index in [4.69, 9.17) is 5.11 Å². The van der Waals surface area contributed by atoms with Crippen molar-refractivity contribution in [1.29, 1.82) is 0 Å². The number of β-amino-alcohol motifs (C(OH)–C–C–N with tert-alkyl or cyclic N) is 1. The molecule has 1 aliphatic carbocycles. The lowest BCUT2D eigenvalue weighted by molar-refractivity contribution is -0.144. The second-order valence-corrected chi connectivity index (χ2v) is 5.70. The Morgan fingerprint density at radius 3 is 2.59 bits per heavy atom. The van der Waals surface area contributed by atoms with E-state index in [2.05, 4.69) is 4.90 Å². The normalized spacial score (nSPS) is 30.1. The molecular formula is C13H23NO3. The molecule has 1 saturated heterocycles. The number of rotatable bonds is 3. The minimum atomic E-state index is -0.690. The molecule has 1 aliphatic heterocycles. The molecule has 1 saturated carbocycles. The molecule has 4 heteroatoms. The Labute approximate surface area is 103 Å². The highest BCUT2D eigenvalue weighted by molar-refractivity contribution is 5.70. The van der Waals surface area contributed by atoms with E-state index in [0.29, 0.717) is 13.1 Å². The molecule has 98 valence electrons. The number of nitrogens with zero attached hydrogens (tertiary/aromatic N) is 1. The summed E-state index contributed by atoms with van der Waals surface area (Å²) < 4.78 is 0. The Balaban J connectivity index is 1.87. The highest BCUT2D eigenvalue weighted by Gasteiger charge is 2.34. The first kappa shape index (κ1) is 12.8. The summed E-state index contributed by atoms with van der Waals surface area (Å²) in [5, 5.41) is 19.5. The van der Waals surface area contributed by atoms with E-state index in [1.807, 2.05) is 0 Å². The highest BCUT2D eigenvalue weighted by atomic mass is 16.4. The van der Waals surface area contributed by atoms with Crippen LogP contribution in [0.4, 0.5) is 0 Å². The smallest absolute Gasteiger partial charge is 0.307 e. The van der Waals surface area contributed by atoms with Gasteiger partial charge < -0.3 is 10.2 Å². The lowest BCUT2D eigenvalue weighted by Gasteiger charge is -2.39. The Bertz CT molecular complexity index is 274. The average molecular weight is 241 g/mol. The number of likely N-dealkylation sites (tertiary alicyclic amines) is 1. The van der Waals surface area contributed by atoms with Gasteiger partial charge in [0.25, 0.3) is 0 Å². The summed E-state index contributed by atoms with van der Waals surface area (Å²) in [5.41, 5.74) is -0.557. The predicted molar refractivity (Wildman–Crippen MR) is 64.8 cm³/mol. The lowest BCUT2D eigenvalue weighted by atomic mass is 9.84. The molecule has 4 nitrogen and oxygen atoms in total. The van der Waals surface area contributed by atoms with Crippen molar-refractivity contribution in [2.75, 3.05) is 19.6 Å². The molecule has 0 bridgehead atoms. The van der Waals surface area contributed by atoms with Gasteiger partial charge in [0.2, 0.25) is 0 Å². The van der Waals surface area contributed by atoms with Crippen LogP contribution in [0.3, 0.4) is 0 Å². The molecular weight excluding hydrogens is 218 g/mol. The monoisotopic (exact) mass is 241 g/mol. The SMILES string of the molecule is O=C(O)C1CCCN(CC2(O)CCCCC2)C1. The average Bonchev–Trinajstić information content (AvgIpc) is 2.29. The van der Waals surface area contributed by atoms with Crippen LogP contribution in [-0.4, -0.2) is 46.3 Å². The maximum Gasteiger partial charge on any atom is 0.307 e.